The summed E-state index contributed by atoms with van der Waals surface area (Å²) in [5, 5.41) is 3.17. The predicted molar refractivity (Wildman–Crippen MR) is 118 cm³/mol. The Balaban J connectivity index is 1.95. The molecule has 1 aromatic heterocycles. The number of piperazine rings is 1. The molecular weight excluding hydrogens is 425 g/mol. The lowest BCUT2D eigenvalue weighted by molar-refractivity contribution is 0.0886. The summed E-state index contributed by atoms with van der Waals surface area (Å²) < 4.78 is 25.2. The Bertz CT molecular complexity index is 1050. The van der Waals surface area contributed by atoms with E-state index < -0.39 is 11.9 Å². The van der Waals surface area contributed by atoms with Crippen LogP contribution in [0.3, 0.4) is 0 Å². The van der Waals surface area contributed by atoms with E-state index in [9.17, 15) is 9.18 Å². The second-order valence-corrected chi connectivity index (χ2v) is 7.84. The Morgan fingerprint density at radius 3 is 2.71 bits per heavy atom. The zero-order chi connectivity index (χ0) is 22.7. The Labute approximate surface area is 185 Å². The van der Waals surface area contributed by atoms with E-state index in [2.05, 4.69) is 26.8 Å². The van der Waals surface area contributed by atoms with Crippen molar-refractivity contribution in [1.82, 2.24) is 19.8 Å². The minimum absolute atomic E-state index is 0.0117. The van der Waals surface area contributed by atoms with Gasteiger partial charge in [-0.1, -0.05) is 18.2 Å². The summed E-state index contributed by atoms with van der Waals surface area (Å²) in [6, 6.07) is 3.24. The highest BCUT2D eigenvalue weighted by molar-refractivity contribution is 6.31. The van der Waals surface area contributed by atoms with E-state index >= 15 is 0 Å². The minimum Gasteiger partial charge on any atom is -0.493 e. The van der Waals surface area contributed by atoms with Crippen molar-refractivity contribution in [3.05, 3.63) is 41.6 Å². The fourth-order valence-corrected chi connectivity index (χ4v) is 3.54. The number of carbonyl (C=O) groups excluding carboxylic acids is 1. The standard InChI is InChI=1S/C21H25ClFN5O3/c1-12-10-27(4)6-7-28(12)21(29)31-18-8-15-16(9-17(18)30-5)24-11-25-20(15)26-14(3)19(23)13(2)22/h8-9,11-12H,2,6-7,10H2,1,3-5H3,(H,24,25,26)/b19-14-/t12-/m1/s1. The van der Waals surface area contributed by atoms with Gasteiger partial charge in [-0.25, -0.2) is 19.2 Å². The number of hydrogen-bond acceptors (Lipinski definition) is 7. The lowest BCUT2D eigenvalue weighted by atomic mass is 10.2. The van der Waals surface area contributed by atoms with Crippen molar-refractivity contribution in [3.8, 4) is 11.5 Å². The van der Waals surface area contributed by atoms with Crippen molar-refractivity contribution in [2.45, 2.75) is 19.9 Å². The molecule has 0 spiro atoms. The molecule has 2 heterocycles. The van der Waals surface area contributed by atoms with Crippen LogP contribution in [-0.4, -0.2) is 65.7 Å². The molecule has 8 nitrogen and oxygen atoms in total. The highest BCUT2D eigenvalue weighted by Gasteiger charge is 2.28. The van der Waals surface area contributed by atoms with Gasteiger partial charge in [-0.05, 0) is 27.0 Å². The van der Waals surface area contributed by atoms with Gasteiger partial charge in [0.1, 0.15) is 12.1 Å². The number of nitrogens with one attached hydrogen (secondary N) is 1. The molecule has 1 N–H and O–H groups in total. The molecule has 0 unspecified atom stereocenters. The van der Waals surface area contributed by atoms with Crippen LogP contribution in [0.2, 0.25) is 0 Å². The maximum Gasteiger partial charge on any atom is 0.415 e. The first-order chi connectivity index (χ1) is 14.7. The van der Waals surface area contributed by atoms with Gasteiger partial charge < -0.3 is 24.6 Å². The summed E-state index contributed by atoms with van der Waals surface area (Å²) in [6.45, 7) is 8.95. The van der Waals surface area contributed by atoms with Crippen LogP contribution in [0, 0.1) is 0 Å². The summed E-state index contributed by atoms with van der Waals surface area (Å²) in [5.41, 5.74) is 0.667. The van der Waals surface area contributed by atoms with Crippen LogP contribution in [0.15, 0.2) is 41.6 Å². The van der Waals surface area contributed by atoms with Crippen LogP contribution in [0.25, 0.3) is 10.9 Å². The van der Waals surface area contributed by atoms with E-state index in [1.54, 1.807) is 17.0 Å². The van der Waals surface area contributed by atoms with Crippen LogP contribution in [0.5, 0.6) is 11.5 Å². The maximum absolute atomic E-state index is 14.1. The number of hydrogen-bond donors (Lipinski definition) is 1. The third-order valence-electron chi connectivity index (χ3n) is 5.06. The van der Waals surface area contributed by atoms with Crippen LogP contribution in [-0.2, 0) is 0 Å². The van der Waals surface area contributed by atoms with Gasteiger partial charge in [0.05, 0.1) is 23.4 Å². The Morgan fingerprint density at radius 1 is 1.32 bits per heavy atom. The lowest BCUT2D eigenvalue weighted by Gasteiger charge is -2.37. The molecule has 10 heteroatoms. The number of benzene rings is 1. The molecule has 0 bridgehead atoms. The van der Waals surface area contributed by atoms with Crippen LogP contribution in [0.4, 0.5) is 15.0 Å². The topological polar surface area (TPSA) is 79.8 Å². The van der Waals surface area contributed by atoms with Gasteiger partial charge in [0.2, 0.25) is 0 Å². The van der Waals surface area contributed by atoms with Crippen molar-refractivity contribution >= 4 is 34.4 Å². The zero-order valence-electron chi connectivity index (χ0n) is 17.9. The molecule has 1 aliphatic rings. The monoisotopic (exact) mass is 449 g/mol. The number of likely N-dealkylation sites (N-methyl/N-ethyl adjacent to an activating group) is 1. The van der Waals surface area contributed by atoms with Gasteiger partial charge >= 0.3 is 6.09 Å². The van der Waals surface area contributed by atoms with Crippen molar-refractivity contribution in [1.29, 1.82) is 0 Å². The first-order valence-electron chi connectivity index (χ1n) is 9.69. The molecule has 1 amide bonds. The average Bonchev–Trinajstić information content (AvgIpc) is 2.72. The highest BCUT2D eigenvalue weighted by atomic mass is 35.5. The summed E-state index contributed by atoms with van der Waals surface area (Å²) >= 11 is 5.64. The Morgan fingerprint density at radius 2 is 2.06 bits per heavy atom. The largest absolute Gasteiger partial charge is 0.493 e. The summed E-state index contributed by atoms with van der Waals surface area (Å²) in [4.78, 5) is 25.1. The SMILES string of the molecule is C=C(Cl)/C(F)=C(\C)Nc1ncnc2cc(OC)c(OC(=O)N3CCN(C)C[C@H]3C)cc12. The van der Waals surface area contributed by atoms with Crippen molar-refractivity contribution in [2.75, 3.05) is 39.1 Å². The molecule has 31 heavy (non-hydrogen) atoms. The molecule has 1 aliphatic heterocycles. The number of allylic oxidation sites excluding steroid dienone is 3. The van der Waals surface area contributed by atoms with Gasteiger partial charge in [-0.15, -0.1) is 0 Å². The number of carbonyl (C=O) groups is 1. The van der Waals surface area contributed by atoms with Crippen LogP contribution >= 0.6 is 11.6 Å². The van der Waals surface area contributed by atoms with Crippen LogP contribution in [0.1, 0.15) is 13.8 Å². The number of halogens is 2. The Hall–Kier alpha value is -2.91. The number of rotatable bonds is 5. The van der Waals surface area contributed by atoms with E-state index in [1.165, 1.54) is 20.4 Å². The third-order valence-corrected chi connectivity index (χ3v) is 5.22. The van der Waals surface area contributed by atoms with Gasteiger partial charge in [-0.3, -0.25) is 0 Å². The first kappa shape index (κ1) is 22.8. The molecule has 2 aromatic rings. The number of nitrogens with zero attached hydrogens (tertiary/aromatic N) is 4. The third kappa shape index (κ3) is 5.05. The zero-order valence-corrected chi connectivity index (χ0v) is 18.7. The van der Waals surface area contributed by atoms with Gasteiger partial charge in [0.15, 0.2) is 17.3 Å². The van der Waals surface area contributed by atoms with Crippen LogP contribution < -0.4 is 14.8 Å². The fourth-order valence-electron chi connectivity index (χ4n) is 3.40. The number of methoxy groups -OCH3 is 1. The number of ether oxygens (including phenoxy) is 2. The number of fused-ring (bicyclic) bond motifs is 1. The van der Waals surface area contributed by atoms with E-state index in [0.29, 0.717) is 29.0 Å². The first-order valence-corrected chi connectivity index (χ1v) is 10.1. The van der Waals surface area contributed by atoms with E-state index in [4.69, 9.17) is 21.1 Å². The number of aromatic nitrogens is 2. The van der Waals surface area contributed by atoms with E-state index in [1.807, 2.05) is 14.0 Å². The van der Waals surface area contributed by atoms with Gasteiger partial charge in [0.25, 0.3) is 0 Å². The molecule has 0 saturated carbocycles. The summed E-state index contributed by atoms with van der Waals surface area (Å²) in [7, 11) is 3.49. The predicted octanol–water partition coefficient (Wildman–Crippen LogP) is 4.14. The molecule has 1 atom stereocenters. The van der Waals surface area contributed by atoms with Crippen molar-refractivity contribution < 1.29 is 18.7 Å². The van der Waals surface area contributed by atoms with E-state index in [-0.39, 0.29) is 22.5 Å². The minimum atomic E-state index is -0.683. The molecule has 3 rings (SSSR count). The van der Waals surface area contributed by atoms with Crippen molar-refractivity contribution in [2.24, 2.45) is 0 Å². The number of amides is 1. The second kappa shape index (κ2) is 9.49. The van der Waals surface area contributed by atoms with Gasteiger partial charge in [-0.2, -0.15) is 0 Å². The maximum atomic E-state index is 14.1. The highest BCUT2D eigenvalue weighted by Crippen LogP contribution is 2.35. The molecular formula is C21H25ClFN5O3. The Kier molecular flexibility index (Phi) is 6.97. The normalized spacial score (nSPS) is 17.9. The summed E-state index contributed by atoms with van der Waals surface area (Å²) in [6.07, 6.45) is 0.868. The quantitative estimate of drug-likeness (QED) is 0.687. The fraction of sp³-hybridized carbons (Fsp3) is 0.381. The lowest BCUT2D eigenvalue weighted by Crippen LogP contribution is -2.53. The summed E-state index contributed by atoms with van der Waals surface area (Å²) in [5.74, 6) is 0.203. The molecule has 1 saturated heterocycles. The number of anilines is 1. The molecule has 0 aliphatic carbocycles. The van der Waals surface area contributed by atoms with Crippen molar-refractivity contribution in [3.63, 3.8) is 0 Å². The molecule has 1 fully saturated rings. The van der Waals surface area contributed by atoms with Gasteiger partial charge in [0, 0.05) is 37.1 Å². The molecule has 1 aromatic carbocycles. The molecule has 166 valence electrons. The second-order valence-electron chi connectivity index (χ2n) is 7.38. The smallest absolute Gasteiger partial charge is 0.415 e. The molecule has 0 radical (unpaired) electrons. The van der Waals surface area contributed by atoms with E-state index in [0.717, 1.165) is 13.1 Å². The average molecular weight is 450 g/mol.